The van der Waals surface area contributed by atoms with Gasteiger partial charge in [0.1, 0.15) is 12.7 Å². The molecule has 1 heterocycles. The highest BCUT2D eigenvalue weighted by Gasteiger charge is 2.14. The van der Waals surface area contributed by atoms with E-state index in [0.29, 0.717) is 6.61 Å². The van der Waals surface area contributed by atoms with Crippen molar-refractivity contribution in [1.82, 2.24) is 0 Å². The molecule has 1 aromatic carbocycles. The molecule has 2 rings (SSSR count). The Kier molecular flexibility index (Phi) is 5.13. The molecular formula is C14H16FNO3. The fraction of sp³-hybridized carbons (Fsp3) is 0.500. The number of ether oxygens (including phenoxy) is 3. The molecule has 0 aliphatic carbocycles. The summed E-state index contributed by atoms with van der Waals surface area (Å²) in [5.74, 6) is -0.550. The highest BCUT2D eigenvalue weighted by Crippen LogP contribution is 2.20. The molecule has 1 fully saturated rings. The largest absolute Gasteiger partial charge is 0.488 e. The second kappa shape index (κ2) is 7.07. The summed E-state index contributed by atoms with van der Waals surface area (Å²) in [6, 6.07) is 6.26. The smallest absolute Gasteiger partial charge is 0.182 e. The van der Waals surface area contributed by atoms with Gasteiger partial charge in [-0.3, -0.25) is 0 Å². The van der Waals surface area contributed by atoms with Crippen molar-refractivity contribution in [2.24, 2.45) is 0 Å². The fourth-order valence-corrected chi connectivity index (χ4v) is 1.88. The maximum absolute atomic E-state index is 13.6. The van der Waals surface area contributed by atoms with Crippen molar-refractivity contribution in [3.63, 3.8) is 0 Å². The number of halogens is 1. The predicted molar refractivity (Wildman–Crippen MR) is 66.2 cm³/mol. The third-order valence-corrected chi connectivity index (χ3v) is 2.87. The fourth-order valence-electron chi connectivity index (χ4n) is 1.88. The van der Waals surface area contributed by atoms with Crippen LogP contribution in [0.25, 0.3) is 0 Å². The van der Waals surface area contributed by atoms with Crippen molar-refractivity contribution >= 4 is 0 Å². The minimum atomic E-state index is -0.626. The van der Waals surface area contributed by atoms with Gasteiger partial charge in [0.05, 0.1) is 12.2 Å². The van der Waals surface area contributed by atoms with E-state index in [1.807, 2.05) is 0 Å². The van der Waals surface area contributed by atoms with E-state index >= 15 is 0 Å². The zero-order chi connectivity index (χ0) is 13.5. The summed E-state index contributed by atoms with van der Waals surface area (Å²) in [7, 11) is 0. The topological polar surface area (TPSA) is 51.5 Å². The summed E-state index contributed by atoms with van der Waals surface area (Å²) >= 11 is 0. The van der Waals surface area contributed by atoms with E-state index in [1.54, 1.807) is 12.1 Å². The second-order valence-corrected chi connectivity index (χ2v) is 4.24. The van der Waals surface area contributed by atoms with Crippen LogP contribution in [0.5, 0.6) is 5.75 Å². The van der Waals surface area contributed by atoms with Gasteiger partial charge >= 0.3 is 0 Å². The Bertz CT molecular complexity index is 452. The molecular weight excluding hydrogens is 249 g/mol. The summed E-state index contributed by atoms with van der Waals surface area (Å²) in [5, 5.41) is 8.70. The molecule has 0 aromatic heterocycles. The standard InChI is InChI=1S/C14H16FNO3/c15-14-11(10-16)4-3-5-12(14)17-8-9-19-13-6-1-2-7-18-13/h3-5,13H,1-2,6-9H2. The maximum atomic E-state index is 13.6. The zero-order valence-electron chi connectivity index (χ0n) is 10.6. The van der Waals surface area contributed by atoms with Crippen LogP contribution >= 0.6 is 0 Å². The van der Waals surface area contributed by atoms with Crippen LogP contribution in [-0.2, 0) is 9.47 Å². The Balaban J connectivity index is 1.75. The van der Waals surface area contributed by atoms with Gasteiger partial charge in [0.25, 0.3) is 0 Å². The molecule has 0 N–H and O–H groups in total. The molecule has 19 heavy (non-hydrogen) atoms. The van der Waals surface area contributed by atoms with Gasteiger partial charge in [-0.05, 0) is 31.4 Å². The van der Waals surface area contributed by atoms with E-state index in [2.05, 4.69) is 0 Å². The molecule has 0 saturated carbocycles. The zero-order valence-corrected chi connectivity index (χ0v) is 10.6. The minimum absolute atomic E-state index is 0.0194. The van der Waals surface area contributed by atoms with Crippen LogP contribution < -0.4 is 4.74 Å². The van der Waals surface area contributed by atoms with Gasteiger partial charge in [-0.1, -0.05) is 6.07 Å². The SMILES string of the molecule is N#Cc1cccc(OCCOC2CCCCO2)c1F. The molecule has 0 spiro atoms. The Morgan fingerprint density at radius 1 is 1.37 bits per heavy atom. The summed E-state index contributed by atoms with van der Waals surface area (Å²) in [4.78, 5) is 0. The normalized spacial score (nSPS) is 18.8. The lowest BCUT2D eigenvalue weighted by molar-refractivity contribution is -0.165. The van der Waals surface area contributed by atoms with Gasteiger partial charge in [0, 0.05) is 6.61 Å². The number of hydrogen-bond donors (Lipinski definition) is 0. The molecule has 1 aromatic rings. The Hall–Kier alpha value is -1.64. The van der Waals surface area contributed by atoms with Gasteiger partial charge in [-0.15, -0.1) is 0 Å². The average Bonchev–Trinajstić information content (AvgIpc) is 2.46. The maximum Gasteiger partial charge on any atom is 0.182 e. The van der Waals surface area contributed by atoms with Gasteiger partial charge in [0.15, 0.2) is 17.9 Å². The Labute approximate surface area is 111 Å². The number of nitrogens with zero attached hydrogens (tertiary/aromatic N) is 1. The summed E-state index contributed by atoms with van der Waals surface area (Å²) in [5.41, 5.74) is -0.0194. The van der Waals surface area contributed by atoms with Crippen molar-refractivity contribution in [3.8, 4) is 11.8 Å². The lowest BCUT2D eigenvalue weighted by Crippen LogP contribution is -2.24. The van der Waals surface area contributed by atoms with Crippen LogP contribution in [0.2, 0.25) is 0 Å². The second-order valence-electron chi connectivity index (χ2n) is 4.24. The first kappa shape index (κ1) is 13.8. The van der Waals surface area contributed by atoms with Crippen LogP contribution in [-0.4, -0.2) is 26.1 Å². The molecule has 5 heteroatoms. The predicted octanol–water partition coefficient (Wildman–Crippen LogP) is 2.62. The average molecular weight is 265 g/mol. The number of rotatable bonds is 5. The van der Waals surface area contributed by atoms with Crippen LogP contribution in [0.3, 0.4) is 0 Å². The molecule has 1 aliphatic heterocycles. The van der Waals surface area contributed by atoms with Crippen LogP contribution in [0.4, 0.5) is 4.39 Å². The first-order valence-corrected chi connectivity index (χ1v) is 6.36. The summed E-state index contributed by atoms with van der Waals surface area (Å²) in [6.45, 7) is 1.29. The van der Waals surface area contributed by atoms with Crippen molar-refractivity contribution in [1.29, 1.82) is 5.26 Å². The minimum Gasteiger partial charge on any atom is -0.488 e. The first-order chi connectivity index (χ1) is 9.31. The lowest BCUT2D eigenvalue weighted by atomic mass is 10.2. The van der Waals surface area contributed by atoms with Crippen molar-refractivity contribution in [2.75, 3.05) is 19.8 Å². The molecule has 0 bridgehead atoms. The number of nitriles is 1. The van der Waals surface area contributed by atoms with E-state index in [1.165, 1.54) is 12.1 Å². The summed E-state index contributed by atoms with van der Waals surface area (Å²) < 4.78 is 29.8. The van der Waals surface area contributed by atoms with Crippen LogP contribution in [0.15, 0.2) is 18.2 Å². The monoisotopic (exact) mass is 265 g/mol. The van der Waals surface area contributed by atoms with Gasteiger partial charge in [-0.25, -0.2) is 4.39 Å². The lowest BCUT2D eigenvalue weighted by Gasteiger charge is -2.22. The van der Waals surface area contributed by atoms with E-state index in [9.17, 15) is 4.39 Å². The molecule has 4 nitrogen and oxygen atoms in total. The number of benzene rings is 1. The third kappa shape index (κ3) is 3.91. The molecule has 1 atom stereocenters. The van der Waals surface area contributed by atoms with Crippen molar-refractivity contribution in [3.05, 3.63) is 29.6 Å². The molecule has 1 saturated heterocycles. The highest BCUT2D eigenvalue weighted by atomic mass is 19.1. The van der Waals surface area contributed by atoms with E-state index in [4.69, 9.17) is 19.5 Å². The van der Waals surface area contributed by atoms with Crippen molar-refractivity contribution in [2.45, 2.75) is 25.6 Å². The summed E-state index contributed by atoms with van der Waals surface area (Å²) in [6.07, 6.45) is 2.89. The molecule has 0 amide bonds. The van der Waals surface area contributed by atoms with Gasteiger partial charge in [-0.2, -0.15) is 5.26 Å². The van der Waals surface area contributed by atoms with Crippen molar-refractivity contribution < 1.29 is 18.6 Å². The number of hydrogen-bond acceptors (Lipinski definition) is 4. The molecule has 102 valence electrons. The Morgan fingerprint density at radius 3 is 3.00 bits per heavy atom. The Morgan fingerprint density at radius 2 is 2.26 bits per heavy atom. The molecule has 1 unspecified atom stereocenters. The van der Waals surface area contributed by atoms with E-state index < -0.39 is 5.82 Å². The van der Waals surface area contributed by atoms with E-state index in [-0.39, 0.29) is 24.2 Å². The molecule has 1 aliphatic rings. The first-order valence-electron chi connectivity index (χ1n) is 6.36. The van der Waals surface area contributed by atoms with Crippen LogP contribution in [0, 0.1) is 17.1 Å². The quantitative estimate of drug-likeness (QED) is 0.768. The van der Waals surface area contributed by atoms with Gasteiger partial charge < -0.3 is 14.2 Å². The van der Waals surface area contributed by atoms with E-state index in [0.717, 1.165) is 25.9 Å². The highest BCUT2D eigenvalue weighted by molar-refractivity contribution is 5.38. The van der Waals surface area contributed by atoms with Gasteiger partial charge in [0.2, 0.25) is 0 Å². The molecule has 0 radical (unpaired) electrons. The van der Waals surface area contributed by atoms with Crippen LogP contribution in [0.1, 0.15) is 24.8 Å². The third-order valence-electron chi connectivity index (χ3n) is 2.87.